The smallest absolute Gasteiger partial charge is 0.261 e. The second-order valence-electron chi connectivity index (χ2n) is 5.09. The summed E-state index contributed by atoms with van der Waals surface area (Å²) in [4.78, 5) is 12.4. The summed E-state index contributed by atoms with van der Waals surface area (Å²) in [5.74, 6) is 0.362. The Kier molecular flexibility index (Phi) is 4.82. The zero-order chi connectivity index (χ0) is 14.8. The highest BCUT2D eigenvalue weighted by Gasteiger charge is 2.29. The summed E-state index contributed by atoms with van der Waals surface area (Å²) in [6.45, 7) is 5.63. The standard InChI is InChI=1S/C13H20N2O3S2/c1-3-14-13(16)12-8-11(9-19-12)20(17,18)15-6-4-10(2)5-7-15/h8-10H,3-7H2,1-2H3,(H,14,16). The van der Waals surface area contributed by atoms with Gasteiger partial charge in [-0.2, -0.15) is 4.31 Å². The van der Waals surface area contributed by atoms with Gasteiger partial charge in [-0.05, 0) is 31.7 Å². The molecule has 2 rings (SSSR count). The van der Waals surface area contributed by atoms with E-state index >= 15 is 0 Å². The summed E-state index contributed by atoms with van der Waals surface area (Å²) < 4.78 is 26.5. The van der Waals surface area contributed by atoms with Crippen molar-refractivity contribution in [3.05, 3.63) is 16.3 Å². The van der Waals surface area contributed by atoms with E-state index in [4.69, 9.17) is 0 Å². The van der Waals surface area contributed by atoms with Crippen molar-refractivity contribution >= 4 is 27.3 Å². The van der Waals surface area contributed by atoms with Gasteiger partial charge in [0.1, 0.15) is 0 Å². The normalized spacial score (nSPS) is 18.1. The Labute approximate surface area is 124 Å². The maximum absolute atomic E-state index is 12.5. The van der Waals surface area contributed by atoms with Crippen molar-refractivity contribution in [1.82, 2.24) is 9.62 Å². The highest BCUT2D eigenvalue weighted by molar-refractivity contribution is 7.89. The number of carbonyl (C=O) groups excluding carboxylic acids is 1. The van der Waals surface area contributed by atoms with Crippen LogP contribution in [0.3, 0.4) is 0 Å². The van der Waals surface area contributed by atoms with Gasteiger partial charge in [0, 0.05) is 25.0 Å². The van der Waals surface area contributed by atoms with E-state index in [0.29, 0.717) is 30.4 Å². The van der Waals surface area contributed by atoms with E-state index in [2.05, 4.69) is 12.2 Å². The van der Waals surface area contributed by atoms with Crippen LogP contribution in [0.4, 0.5) is 0 Å². The Bertz CT molecular complexity index is 572. The largest absolute Gasteiger partial charge is 0.352 e. The number of piperidine rings is 1. The van der Waals surface area contributed by atoms with Crippen LogP contribution in [0.5, 0.6) is 0 Å². The number of nitrogens with zero attached hydrogens (tertiary/aromatic N) is 1. The van der Waals surface area contributed by atoms with Crippen LogP contribution in [0.1, 0.15) is 36.4 Å². The monoisotopic (exact) mass is 316 g/mol. The molecule has 1 N–H and O–H groups in total. The molecule has 0 unspecified atom stereocenters. The zero-order valence-electron chi connectivity index (χ0n) is 11.8. The van der Waals surface area contributed by atoms with Gasteiger partial charge in [0.05, 0.1) is 9.77 Å². The summed E-state index contributed by atoms with van der Waals surface area (Å²) >= 11 is 1.17. The maximum atomic E-state index is 12.5. The molecule has 1 saturated heterocycles. The number of rotatable bonds is 4. The van der Waals surface area contributed by atoms with Gasteiger partial charge in [0.2, 0.25) is 10.0 Å². The fraction of sp³-hybridized carbons (Fsp3) is 0.615. The molecule has 7 heteroatoms. The van der Waals surface area contributed by atoms with Gasteiger partial charge in [-0.3, -0.25) is 4.79 Å². The second-order valence-corrected chi connectivity index (χ2v) is 7.94. The average Bonchev–Trinajstić information content (AvgIpc) is 2.90. The predicted octanol–water partition coefficient (Wildman–Crippen LogP) is 1.92. The fourth-order valence-electron chi connectivity index (χ4n) is 2.20. The van der Waals surface area contributed by atoms with Crippen LogP contribution in [-0.4, -0.2) is 38.3 Å². The summed E-state index contributed by atoms with van der Waals surface area (Å²) in [6.07, 6.45) is 1.79. The third-order valence-corrected chi connectivity index (χ3v) is 6.47. The van der Waals surface area contributed by atoms with Crippen molar-refractivity contribution in [2.24, 2.45) is 5.92 Å². The lowest BCUT2D eigenvalue weighted by molar-refractivity contribution is 0.0959. The van der Waals surface area contributed by atoms with E-state index < -0.39 is 10.0 Å². The van der Waals surface area contributed by atoms with Crippen molar-refractivity contribution in [3.63, 3.8) is 0 Å². The van der Waals surface area contributed by atoms with Gasteiger partial charge in [0.15, 0.2) is 0 Å². The molecule has 1 fully saturated rings. The first-order valence-electron chi connectivity index (χ1n) is 6.82. The Morgan fingerprint density at radius 2 is 2.10 bits per heavy atom. The van der Waals surface area contributed by atoms with Gasteiger partial charge in [-0.15, -0.1) is 11.3 Å². The summed E-state index contributed by atoms with van der Waals surface area (Å²) in [5, 5.41) is 4.23. The molecule has 1 aromatic rings. The number of carbonyl (C=O) groups is 1. The highest BCUT2D eigenvalue weighted by atomic mass is 32.2. The number of nitrogens with one attached hydrogen (secondary N) is 1. The Hall–Kier alpha value is -0.920. The minimum Gasteiger partial charge on any atom is -0.352 e. The van der Waals surface area contributed by atoms with Gasteiger partial charge in [-0.25, -0.2) is 8.42 Å². The van der Waals surface area contributed by atoms with E-state index in [1.807, 2.05) is 6.92 Å². The van der Waals surface area contributed by atoms with E-state index in [0.717, 1.165) is 12.8 Å². The molecular formula is C13H20N2O3S2. The SMILES string of the molecule is CCNC(=O)c1cc(S(=O)(=O)N2CCC(C)CC2)cs1. The van der Waals surface area contributed by atoms with Gasteiger partial charge >= 0.3 is 0 Å². The lowest BCUT2D eigenvalue weighted by Gasteiger charge is -2.29. The number of thiophene rings is 1. The van der Waals surface area contributed by atoms with Crippen LogP contribution < -0.4 is 5.32 Å². The number of sulfonamides is 1. The van der Waals surface area contributed by atoms with Crippen LogP contribution in [0.25, 0.3) is 0 Å². The molecule has 0 aliphatic carbocycles. The summed E-state index contributed by atoms with van der Waals surface area (Å²) in [6, 6.07) is 1.48. The number of amides is 1. The third-order valence-electron chi connectivity index (χ3n) is 3.52. The molecule has 20 heavy (non-hydrogen) atoms. The van der Waals surface area contributed by atoms with Crippen LogP contribution in [0, 0.1) is 5.92 Å². The Morgan fingerprint density at radius 3 is 2.70 bits per heavy atom. The maximum Gasteiger partial charge on any atom is 0.261 e. The Balaban J connectivity index is 2.16. The van der Waals surface area contributed by atoms with E-state index in [9.17, 15) is 13.2 Å². The molecule has 0 radical (unpaired) electrons. The quantitative estimate of drug-likeness (QED) is 0.923. The van der Waals surface area contributed by atoms with E-state index in [1.165, 1.54) is 21.7 Å². The third kappa shape index (κ3) is 3.21. The van der Waals surface area contributed by atoms with E-state index in [-0.39, 0.29) is 10.8 Å². The molecule has 0 spiro atoms. The van der Waals surface area contributed by atoms with Crippen molar-refractivity contribution in [2.45, 2.75) is 31.6 Å². The van der Waals surface area contributed by atoms with Gasteiger partial charge in [0.25, 0.3) is 5.91 Å². The molecule has 0 atom stereocenters. The molecule has 1 amide bonds. The zero-order valence-corrected chi connectivity index (χ0v) is 13.4. The minimum atomic E-state index is -3.45. The Morgan fingerprint density at radius 1 is 1.45 bits per heavy atom. The van der Waals surface area contributed by atoms with Crippen molar-refractivity contribution in [2.75, 3.05) is 19.6 Å². The minimum absolute atomic E-state index is 0.216. The van der Waals surface area contributed by atoms with Crippen molar-refractivity contribution in [3.8, 4) is 0 Å². The topological polar surface area (TPSA) is 66.5 Å². The molecule has 1 aromatic heterocycles. The van der Waals surface area contributed by atoms with Crippen molar-refractivity contribution < 1.29 is 13.2 Å². The van der Waals surface area contributed by atoms with Crippen LogP contribution in [0.15, 0.2) is 16.3 Å². The molecule has 0 aromatic carbocycles. The van der Waals surface area contributed by atoms with Crippen molar-refractivity contribution in [1.29, 1.82) is 0 Å². The first-order chi connectivity index (χ1) is 9.45. The molecule has 0 bridgehead atoms. The van der Waals surface area contributed by atoms with Gasteiger partial charge < -0.3 is 5.32 Å². The molecule has 5 nitrogen and oxygen atoms in total. The molecule has 1 aliphatic rings. The first kappa shape index (κ1) is 15.5. The fourth-order valence-corrected chi connectivity index (χ4v) is 4.84. The lowest BCUT2D eigenvalue weighted by Crippen LogP contribution is -2.37. The molecular weight excluding hydrogens is 296 g/mol. The summed E-state index contributed by atoms with van der Waals surface area (Å²) in [5.41, 5.74) is 0. The highest BCUT2D eigenvalue weighted by Crippen LogP contribution is 2.26. The summed E-state index contributed by atoms with van der Waals surface area (Å²) in [7, 11) is -3.45. The second kappa shape index (κ2) is 6.24. The van der Waals surface area contributed by atoms with E-state index in [1.54, 1.807) is 5.38 Å². The molecule has 1 aliphatic heterocycles. The van der Waals surface area contributed by atoms with Crippen LogP contribution in [-0.2, 0) is 10.0 Å². The van der Waals surface area contributed by atoms with Crippen LogP contribution >= 0.6 is 11.3 Å². The first-order valence-corrected chi connectivity index (χ1v) is 9.14. The predicted molar refractivity (Wildman–Crippen MR) is 79.5 cm³/mol. The molecule has 2 heterocycles. The number of hydrogen-bond acceptors (Lipinski definition) is 4. The molecule has 112 valence electrons. The lowest BCUT2D eigenvalue weighted by atomic mass is 10.0. The number of hydrogen-bond donors (Lipinski definition) is 1. The average molecular weight is 316 g/mol. The van der Waals surface area contributed by atoms with Gasteiger partial charge in [-0.1, -0.05) is 6.92 Å². The van der Waals surface area contributed by atoms with Crippen LogP contribution in [0.2, 0.25) is 0 Å². The molecule has 0 saturated carbocycles.